The second-order valence-corrected chi connectivity index (χ2v) is 8.19. The van der Waals surface area contributed by atoms with Crippen molar-refractivity contribution in [3.63, 3.8) is 0 Å². The third-order valence-corrected chi connectivity index (χ3v) is 4.57. The third-order valence-electron chi connectivity index (χ3n) is 2.90. The van der Waals surface area contributed by atoms with Gasteiger partial charge in [0.2, 0.25) is 15.9 Å². The van der Waals surface area contributed by atoms with Crippen LogP contribution >= 0.6 is 15.9 Å². The highest BCUT2D eigenvalue weighted by molar-refractivity contribution is 9.10. The summed E-state index contributed by atoms with van der Waals surface area (Å²) in [5.74, 6) is -0.345. The molecule has 0 atom stereocenters. The molecule has 0 heterocycles. The maximum Gasteiger partial charge on any atom is 0.240 e. The van der Waals surface area contributed by atoms with Crippen LogP contribution in [0.1, 0.15) is 20.3 Å². The van der Waals surface area contributed by atoms with E-state index in [0.29, 0.717) is 25.3 Å². The Morgan fingerprint density at radius 2 is 1.91 bits per heavy atom. The Morgan fingerprint density at radius 1 is 1.30 bits per heavy atom. The van der Waals surface area contributed by atoms with Crippen molar-refractivity contribution < 1.29 is 17.9 Å². The van der Waals surface area contributed by atoms with Crippen LogP contribution in [0.2, 0.25) is 0 Å². The zero-order chi connectivity index (χ0) is 17.5. The standard InChI is InChI=1S/C15H23BrN2O4S/c1-12(2)22-10-4-9-17-15(19)11-18(23(3,20)21)14-7-5-13(16)6-8-14/h5-8,12H,4,9-11H2,1-3H3,(H,17,19). The minimum atomic E-state index is -3.54. The van der Waals surface area contributed by atoms with Gasteiger partial charge in [-0.25, -0.2) is 8.42 Å². The van der Waals surface area contributed by atoms with E-state index in [0.717, 1.165) is 15.0 Å². The van der Waals surface area contributed by atoms with Crippen LogP contribution < -0.4 is 9.62 Å². The van der Waals surface area contributed by atoms with Gasteiger partial charge in [-0.3, -0.25) is 9.10 Å². The lowest BCUT2D eigenvalue weighted by atomic mass is 10.3. The van der Waals surface area contributed by atoms with Gasteiger partial charge in [0.25, 0.3) is 0 Å². The summed E-state index contributed by atoms with van der Waals surface area (Å²) in [5.41, 5.74) is 0.453. The molecule has 1 rings (SSSR count). The molecule has 0 unspecified atom stereocenters. The van der Waals surface area contributed by atoms with Crippen molar-refractivity contribution >= 4 is 37.5 Å². The van der Waals surface area contributed by atoms with E-state index in [4.69, 9.17) is 4.74 Å². The van der Waals surface area contributed by atoms with Gasteiger partial charge in [-0.1, -0.05) is 15.9 Å². The summed E-state index contributed by atoms with van der Waals surface area (Å²) in [6.07, 6.45) is 1.92. The van der Waals surface area contributed by atoms with Gasteiger partial charge >= 0.3 is 0 Å². The zero-order valence-corrected chi connectivity index (χ0v) is 16.0. The Balaban J connectivity index is 2.58. The Labute approximate surface area is 146 Å². The third kappa shape index (κ3) is 7.81. The lowest BCUT2D eigenvalue weighted by Crippen LogP contribution is -2.40. The lowest BCUT2D eigenvalue weighted by molar-refractivity contribution is -0.119. The average molecular weight is 407 g/mol. The zero-order valence-electron chi connectivity index (χ0n) is 13.6. The first-order chi connectivity index (χ1) is 10.7. The molecule has 0 radical (unpaired) electrons. The van der Waals surface area contributed by atoms with E-state index < -0.39 is 10.0 Å². The van der Waals surface area contributed by atoms with Gasteiger partial charge in [0, 0.05) is 17.6 Å². The number of carbonyl (C=O) groups excluding carboxylic acids is 1. The minimum absolute atomic E-state index is 0.156. The molecule has 1 N–H and O–H groups in total. The number of nitrogens with zero attached hydrogens (tertiary/aromatic N) is 1. The van der Waals surface area contributed by atoms with Crippen molar-refractivity contribution in [2.45, 2.75) is 26.4 Å². The number of nitrogens with one attached hydrogen (secondary N) is 1. The highest BCUT2D eigenvalue weighted by Crippen LogP contribution is 2.20. The van der Waals surface area contributed by atoms with Crippen LogP contribution in [0.15, 0.2) is 28.7 Å². The fraction of sp³-hybridized carbons (Fsp3) is 0.533. The number of benzene rings is 1. The van der Waals surface area contributed by atoms with Gasteiger partial charge in [0.05, 0.1) is 18.0 Å². The first-order valence-corrected chi connectivity index (χ1v) is 9.96. The summed E-state index contributed by atoms with van der Waals surface area (Å²) in [7, 11) is -3.54. The number of amides is 1. The van der Waals surface area contributed by atoms with E-state index in [1.807, 2.05) is 13.8 Å². The van der Waals surface area contributed by atoms with Crippen LogP contribution in [0.4, 0.5) is 5.69 Å². The Bertz CT molecular complexity index is 602. The van der Waals surface area contributed by atoms with Crippen LogP contribution in [-0.2, 0) is 19.6 Å². The van der Waals surface area contributed by atoms with Crippen LogP contribution in [0.25, 0.3) is 0 Å². The molecule has 8 heteroatoms. The first-order valence-electron chi connectivity index (χ1n) is 7.31. The minimum Gasteiger partial charge on any atom is -0.379 e. The molecule has 0 bridgehead atoms. The molecule has 23 heavy (non-hydrogen) atoms. The second kappa shape index (κ2) is 9.24. The van der Waals surface area contributed by atoms with E-state index in [9.17, 15) is 13.2 Å². The largest absolute Gasteiger partial charge is 0.379 e. The summed E-state index contributed by atoms with van der Waals surface area (Å²) < 4.78 is 31.1. The summed E-state index contributed by atoms with van der Waals surface area (Å²) in [6, 6.07) is 6.76. The van der Waals surface area contributed by atoms with Crippen molar-refractivity contribution in [3.05, 3.63) is 28.7 Å². The van der Waals surface area contributed by atoms with E-state index in [1.54, 1.807) is 24.3 Å². The monoisotopic (exact) mass is 406 g/mol. The summed E-state index contributed by atoms with van der Waals surface area (Å²) in [6.45, 7) is 4.65. The Hall–Kier alpha value is -1.12. The molecule has 0 saturated carbocycles. The first kappa shape index (κ1) is 19.9. The van der Waals surface area contributed by atoms with Gasteiger partial charge in [-0.2, -0.15) is 0 Å². The Morgan fingerprint density at radius 3 is 2.43 bits per heavy atom. The molecule has 0 saturated heterocycles. The summed E-state index contributed by atoms with van der Waals surface area (Å²) in [4.78, 5) is 12.0. The number of rotatable bonds is 9. The molecule has 0 aliphatic heterocycles. The van der Waals surface area contributed by atoms with Gasteiger partial charge < -0.3 is 10.1 Å². The maximum atomic E-state index is 12.0. The summed E-state index contributed by atoms with van der Waals surface area (Å²) >= 11 is 3.30. The van der Waals surface area contributed by atoms with Crippen LogP contribution in [-0.4, -0.2) is 46.4 Å². The highest BCUT2D eigenvalue weighted by Gasteiger charge is 2.20. The molecule has 0 aromatic heterocycles. The quantitative estimate of drug-likeness (QED) is 0.637. The van der Waals surface area contributed by atoms with Crippen LogP contribution in [0.5, 0.6) is 0 Å². The van der Waals surface area contributed by atoms with Crippen LogP contribution in [0.3, 0.4) is 0 Å². The number of anilines is 1. The van der Waals surface area contributed by atoms with Gasteiger partial charge in [0.1, 0.15) is 6.54 Å². The van der Waals surface area contributed by atoms with Gasteiger partial charge in [-0.15, -0.1) is 0 Å². The number of halogens is 1. The number of ether oxygens (including phenoxy) is 1. The molecule has 6 nitrogen and oxygen atoms in total. The normalized spacial score (nSPS) is 11.5. The predicted octanol–water partition coefficient (Wildman–Crippen LogP) is 2.15. The van der Waals surface area contributed by atoms with Crippen LogP contribution in [0, 0.1) is 0 Å². The number of carbonyl (C=O) groups is 1. The van der Waals surface area contributed by atoms with E-state index >= 15 is 0 Å². The van der Waals surface area contributed by atoms with Crippen molar-refractivity contribution in [1.82, 2.24) is 5.32 Å². The van der Waals surface area contributed by atoms with E-state index in [1.165, 1.54) is 0 Å². The van der Waals surface area contributed by atoms with Crippen molar-refractivity contribution in [1.29, 1.82) is 0 Å². The lowest BCUT2D eigenvalue weighted by Gasteiger charge is -2.22. The highest BCUT2D eigenvalue weighted by atomic mass is 79.9. The smallest absolute Gasteiger partial charge is 0.240 e. The maximum absolute atomic E-state index is 12.0. The van der Waals surface area contributed by atoms with Crippen molar-refractivity contribution in [2.75, 3.05) is 30.3 Å². The molecular formula is C15H23BrN2O4S. The SMILES string of the molecule is CC(C)OCCCNC(=O)CN(c1ccc(Br)cc1)S(C)(=O)=O. The van der Waals surface area contributed by atoms with E-state index in [-0.39, 0.29) is 18.6 Å². The molecule has 1 aromatic rings. The molecule has 0 fully saturated rings. The fourth-order valence-electron chi connectivity index (χ4n) is 1.81. The fourth-order valence-corrected chi connectivity index (χ4v) is 2.93. The molecule has 0 aliphatic rings. The van der Waals surface area contributed by atoms with Crippen molar-refractivity contribution in [3.8, 4) is 0 Å². The van der Waals surface area contributed by atoms with Gasteiger partial charge in [-0.05, 0) is 44.5 Å². The van der Waals surface area contributed by atoms with Crippen molar-refractivity contribution in [2.24, 2.45) is 0 Å². The number of hydrogen-bond acceptors (Lipinski definition) is 4. The number of sulfonamides is 1. The van der Waals surface area contributed by atoms with Gasteiger partial charge in [0.15, 0.2) is 0 Å². The summed E-state index contributed by atoms with van der Waals surface area (Å²) in [5, 5.41) is 2.71. The molecular weight excluding hydrogens is 384 g/mol. The molecule has 0 aliphatic carbocycles. The second-order valence-electron chi connectivity index (χ2n) is 5.37. The molecule has 0 spiro atoms. The number of hydrogen-bond donors (Lipinski definition) is 1. The molecule has 1 amide bonds. The van der Waals surface area contributed by atoms with E-state index in [2.05, 4.69) is 21.2 Å². The molecule has 1 aromatic carbocycles. The predicted molar refractivity (Wildman–Crippen MR) is 95.0 cm³/mol. The Kier molecular flexibility index (Phi) is 8.01. The topological polar surface area (TPSA) is 75.7 Å². The average Bonchev–Trinajstić information content (AvgIpc) is 2.44. The molecule has 130 valence electrons.